The minimum atomic E-state index is 0.0879. The van der Waals surface area contributed by atoms with E-state index >= 15 is 0 Å². The van der Waals surface area contributed by atoms with Crippen molar-refractivity contribution in [2.75, 3.05) is 6.61 Å². The van der Waals surface area contributed by atoms with Crippen LogP contribution in [0.1, 0.15) is 130 Å². The van der Waals surface area contributed by atoms with E-state index in [9.17, 15) is 4.79 Å². The van der Waals surface area contributed by atoms with Gasteiger partial charge in [0.1, 0.15) is 0 Å². The van der Waals surface area contributed by atoms with Crippen LogP contribution < -0.4 is 0 Å². The summed E-state index contributed by atoms with van der Waals surface area (Å²) in [6, 6.07) is 0. The molecule has 3 unspecified atom stereocenters. The first kappa shape index (κ1) is 24.5. The van der Waals surface area contributed by atoms with Crippen molar-refractivity contribution in [1.29, 1.82) is 0 Å². The average Bonchev–Trinajstić information content (AvgIpc) is 2.67. The van der Waals surface area contributed by atoms with Gasteiger partial charge in [0.2, 0.25) is 0 Å². The van der Waals surface area contributed by atoms with E-state index in [0.717, 1.165) is 6.42 Å². The van der Waals surface area contributed by atoms with Crippen molar-refractivity contribution in [3.05, 3.63) is 0 Å². The van der Waals surface area contributed by atoms with Gasteiger partial charge in [-0.2, -0.15) is 0 Å². The van der Waals surface area contributed by atoms with E-state index in [1.54, 1.807) is 0 Å². The fourth-order valence-corrected chi connectivity index (χ4v) is 4.60. The van der Waals surface area contributed by atoms with Crippen LogP contribution in [0.2, 0.25) is 0 Å². The maximum atomic E-state index is 12.7. The van der Waals surface area contributed by atoms with Gasteiger partial charge in [-0.3, -0.25) is 4.79 Å². The summed E-state index contributed by atoms with van der Waals surface area (Å²) in [5, 5.41) is 0. The number of ether oxygens (including phenoxy) is 1. The van der Waals surface area contributed by atoms with Gasteiger partial charge in [0, 0.05) is 5.41 Å². The molecule has 0 saturated heterocycles. The second-order valence-corrected chi connectivity index (χ2v) is 9.62. The number of carbonyl (C=O) groups is 1. The fraction of sp³-hybridized carbons (Fsp3) is 0.960. The van der Waals surface area contributed by atoms with Crippen LogP contribution in [0.4, 0.5) is 0 Å². The van der Waals surface area contributed by atoms with Gasteiger partial charge in [-0.25, -0.2) is 0 Å². The van der Waals surface area contributed by atoms with Gasteiger partial charge in [0.15, 0.2) is 0 Å². The molecule has 0 heterocycles. The third-order valence-corrected chi connectivity index (χ3v) is 6.74. The van der Waals surface area contributed by atoms with Crippen LogP contribution >= 0.6 is 0 Å². The van der Waals surface area contributed by atoms with Crippen LogP contribution in [0.5, 0.6) is 0 Å². The minimum absolute atomic E-state index is 0.0879. The molecule has 0 aromatic carbocycles. The molecule has 0 spiro atoms. The zero-order chi connectivity index (χ0) is 20.0. The highest BCUT2D eigenvalue weighted by molar-refractivity contribution is 5.72. The van der Waals surface area contributed by atoms with Gasteiger partial charge in [0.25, 0.3) is 0 Å². The molecule has 0 bridgehead atoms. The summed E-state index contributed by atoms with van der Waals surface area (Å²) < 4.78 is 5.93. The number of carbonyl (C=O) groups excluding carboxylic acids is 1. The number of hydrogen-bond donors (Lipinski definition) is 0. The first-order valence-corrected chi connectivity index (χ1v) is 12.2. The van der Waals surface area contributed by atoms with Gasteiger partial charge >= 0.3 is 5.97 Å². The molecule has 1 saturated carbocycles. The van der Waals surface area contributed by atoms with E-state index < -0.39 is 0 Å². The van der Waals surface area contributed by atoms with Crippen molar-refractivity contribution in [3.63, 3.8) is 0 Å². The lowest BCUT2D eigenvalue weighted by Crippen LogP contribution is -2.31. The molecule has 0 radical (unpaired) electrons. The van der Waals surface area contributed by atoms with E-state index in [1.165, 1.54) is 96.3 Å². The molecule has 1 aliphatic carbocycles. The maximum absolute atomic E-state index is 12.7. The largest absolute Gasteiger partial charge is 0.465 e. The highest BCUT2D eigenvalue weighted by atomic mass is 16.5. The van der Waals surface area contributed by atoms with Crippen LogP contribution in [0, 0.1) is 17.3 Å². The summed E-state index contributed by atoms with van der Waals surface area (Å²) in [5.41, 5.74) is 0.173. The molecule has 2 nitrogen and oxygen atoms in total. The average molecular weight is 381 g/mol. The summed E-state index contributed by atoms with van der Waals surface area (Å²) in [5.74, 6) is 0.739. The third-order valence-electron chi connectivity index (χ3n) is 6.74. The summed E-state index contributed by atoms with van der Waals surface area (Å²) in [7, 11) is 0. The highest BCUT2D eigenvalue weighted by Crippen LogP contribution is 2.34. The molecule has 1 aliphatic rings. The molecule has 2 heteroatoms. The van der Waals surface area contributed by atoms with Crippen LogP contribution in [-0.4, -0.2) is 12.6 Å². The molecule has 0 aliphatic heterocycles. The first-order chi connectivity index (χ1) is 13.0. The van der Waals surface area contributed by atoms with E-state index in [4.69, 9.17) is 4.74 Å². The van der Waals surface area contributed by atoms with Crippen molar-refractivity contribution in [2.24, 2.45) is 17.3 Å². The molecular formula is C25H48O2. The maximum Gasteiger partial charge on any atom is 0.309 e. The summed E-state index contributed by atoms with van der Waals surface area (Å²) >= 11 is 0. The van der Waals surface area contributed by atoms with E-state index in [-0.39, 0.29) is 17.3 Å². The summed E-state index contributed by atoms with van der Waals surface area (Å²) in [4.78, 5) is 12.7. The topological polar surface area (TPSA) is 26.3 Å². The monoisotopic (exact) mass is 380 g/mol. The van der Waals surface area contributed by atoms with Gasteiger partial charge in [-0.05, 0) is 31.6 Å². The Kier molecular flexibility index (Phi) is 13.1. The second kappa shape index (κ2) is 14.5. The summed E-state index contributed by atoms with van der Waals surface area (Å²) in [6.07, 6.45) is 20.3. The predicted molar refractivity (Wildman–Crippen MR) is 117 cm³/mol. The molecule has 27 heavy (non-hydrogen) atoms. The van der Waals surface area contributed by atoms with Crippen LogP contribution in [0.15, 0.2) is 0 Å². The number of rotatable bonds is 15. The Bertz CT molecular complexity index is 379. The molecule has 1 fully saturated rings. The Labute approximate surface area is 170 Å². The van der Waals surface area contributed by atoms with E-state index in [2.05, 4.69) is 27.7 Å². The lowest BCUT2D eigenvalue weighted by molar-refractivity contribution is -0.155. The van der Waals surface area contributed by atoms with Crippen molar-refractivity contribution < 1.29 is 9.53 Å². The Balaban J connectivity index is 2.44. The van der Waals surface area contributed by atoms with Crippen molar-refractivity contribution in [3.8, 4) is 0 Å². The SMILES string of the molecule is CCCCCCCCC(C)(CCCCCC)COC(=O)C1CCCCC1C. The van der Waals surface area contributed by atoms with Crippen molar-refractivity contribution in [1.82, 2.24) is 0 Å². The van der Waals surface area contributed by atoms with Crippen LogP contribution in [-0.2, 0) is 9.53 Å². The van der Waals surface area contributed by atoms with Crippen molar-refractivity contribution >= 4 is 5.97 Å². The molecule has 0 amide bonds. The molecule has 160 valence electrons. The van der Waals surface area contributed by atoms with Crippen LogP contribution in [0.3, 0.4) is 0 Å². The fourth-order valence-electron chi connectivity index (χ4n) is 4.60. The second-order valence-electron chi connectivity index (χ2n) is 9.62. The molecule has 0 aromatic rings. The number of unbranched alkanes of at least 4 members (excludes halogenated alkanes) is 8. The Morgan fingerprint density at radius 3 is 1.96 bits per heavy atom. The third kappa shape index (κ3) is 10.5. The molecule has 0 aromatic heterocycles. The van der Waals surface area contributed by atoms with E-state index in [0.29, 0.717) is 12.5 Å². The molecule has 3 atom stereocenters. The molecule has 1 rings (SSSR count). The highest BCUT2D eigenvalue weighted by Gasteiger charge is 2.31. The number of hydrogen-bond acceptors (Lipinski definition) is 2. The standard InChI is InChI=1S/C25H48O2/c1-5-7-9-11-12-16-20-25(4,19-15-10-8-6-2)21-27-24(26)23-18-14-13-17-22(23)3/h22-23H,5-21H2,1-4H3. The van der Waals surface area contributed by atoms with Gasteiger partial charge in [-0.15, -0.1) is 0 Å². The van der Waals surface area contributed by atoms with E-state index in [1.807, 2.05) is 0 Å². The minimum Gasteiger partial charge on any atom is -0.465 e. The van der Waals surface area contributed by atoms with Gasteiger partial charge in [0.05, 0.1) is 12.5 Å². The van der Waals surface area contributed by atoms with Crippen LogP contribution in [0.25, 0.3) is 0 Å². The van der Waals surface area contributed by atoms with Crippen molar-refractivity contribution in [2.45, 2.75) is 130 Å². The quantitative estimate of drug-likeness (QED) is 0.212. The summed E-state index contributed by atoms with van der Waals surface area (Å²) in [6.45, 7) is 9.77. The predicted octanol–water partition coefficient (Wildman–Crippen LogP) is 8.08. The molecule has 0 N–H and O–H groups in total. The smallest absolute Gasteiger partial charge is 0.309 e. The number of esters is 1. The lowest BCUT2D eigenvalue weighted by Gasteiger charge is -2.32. The normalized spacial score (nSPS) is 22.4. The lowest BCUT2D eigenvalue weighted by atomic mass is 9.79. The van der Waals surface area contributed by atoms with Gasteiger partial charge < -0.3 is 4.74 Å². The Hall–Kier alpha value is -0.530. The Morgan fingerprint density at radius 2 is 1.37 bits per heavy atom. The Morgan fingerprint density at radius 1 is 0.852 bits per heavy atom. The molecular weight excluding hydrogens is 332 g/mol. The first-order valence-electron chi connectivity index (χ1n) is 12.2. The van der Waals surface area contributed by atoms with Gasteiger partial charge in [-0.1, -0.05) is 105 Å². The zero-order valence-electron chi connectivity index (χ0n) is 19.0. The zero-order valence-corrected chi connectivity index (χ0v) is 19.0.